The molecule has 0 aromatic carbocycles. The Morgan fingerprint density at radius 2 is 1.48 bits per heavy atom. The lowest BCUT2D eigenvalue weighted by atomic mass is 10.3. The molecule has 6 nitrogen and oxygen atoms in total. The highest BCUT2D eigenvalue weighted by molar-refractivity contribution is 5.85. The van der Waals surface area contributed by atoms with Crippen molar-refractivity contribution in [2.75, 3.05) is 58.9 Å². The Hall–Kier alpha value is -0.370. The lowest BCUT2D eigenvalue weighted by Gasteiger charge is -2.22. The van der Waals surface area contributed by atoms with Crippen molar-refractivity contribution >= 4 is 24.8 Å². The number of hydrogen-bond donors (Lipinski definition) is 1. The van der Waals surface area contributed by atoms with Gasteiger partial charge in [0, 0.05) is 32.7 Å². The molecule has 0 bridgehead atoms. The van der Waals surface area contributed by atoms with E-state index in [0.29, 0.717) is 0 Å². The molecule has 4 rings (SSSR count). The van der Waals surface area contributed by atoms with E-state index in [1.165, 1.54) is 89.4 Å². The molecule has 0 spiro atoms. The van der Waals surface area contributed by atoms with Gasteiger partial charge in [-0.15, -0.1) is 24.8 Å². The molecule has 0 aliphatic carbocycles. The van der Waals surface area contributed by atoms with Gasteiger partial charge in [-0.3, -0.25) is 9.58 Å². The maximum Gasteiger partial charge on any atom is 0.0768 e. The van der Waals surface area contributed by atoms with Crippen LogP contribution in [0.1, 0.15) is 37.1 Å². The number of nitrogens with one attached hydrogen (secondary N) is 1. The molecule has 0 unspecified atom stereocenters. The number of fused-ring (bicyclic) bond motifs is 1. The minimum absolute atomic E-state index is 0. The first-order valence-corrected chi connectivity index (χ1v) is 10.3. The van der Waals surface area contributed by atoms with Gasteiger partial charge in [0.1, 0.15) is 0 Å². The summed E-state index contributed by atoms with van der Waals surface area (Å²) < 4.78 is 2.19. The van der Waals surface area contributed by atoms with E-state index in [9.17, 15) is 0 Å². The third-order valence-electron chi connectivity index (χ3n) is 5.93. The van der Waals surface area contributed by atoms with Crippen LogP contribution in [0, 0.1) is 0 Å². The van der Waals surface area contributed by atoms with Crippen molar-refractivity contribution in [1.82, 2.24) is 29.8 Å². The summed E-state index contributed by atoms with van der Waals surface area (Å²) in [4.78, 5) is 7.92. The molecule has 0 radical (unpaired) electrons. The number of hydrogen-bond acceptors (Lipinski definition) is 5. The van der Waals surface area contributed by atoms with Crippen LogP contribution in [0.15, 0.2) is 6.07 Å². The summed E-state index contributed by atoms with van der Waals surface area (Å²) in [5, 5.41) is 8.23. The van der Waals surface area contributed by atoms with E-state index in [1.807, 2.05) is 0 Å². The number of likely N-dealkylation sites (tertiary alicyclic amines) is 1. The average Bonchev–Trinajstić information content (AvgIpc) is 3.22. The van der Waals surface area contributed by atoms with Crippen LogP contribution >= 0.6 is 24.8 Å². The normalized spacial score (nSPS) is 21.9. The summed E-state index contributed by atoms with van der Waals surface area (Å²) in [6, 6.07) is 2.30. The number of aromatic nitrogens is 2. The van der Waals surface area contributed by atoms with E-state index >= 15 is 0 Å². The molecule has 3 aliphatic rings. The quantitative estimate of drug-likeness (QED) is 0.762. The van der Waals surface area contributed by atoms with E-state index in [-0.39, 0.29) is 24.8 Å². The van der Waals surface area contributed by atoms with Crippen LogP contribution in [0.5, 0.6) is 0 Å². The predicted octanol–water partition coefficient (Wildman–Crippen LogP) is 1.82. The largest absolute Gasteiger partial charge is 0.309 e. The van der Waals surface area contributed by atoms with Gasteiger partial charge in [0.2, 0.25) is 0 Å². The molecule has 3 aliphatic heterocycles. The minimum Gasteiger partial charge on any atom is -0.309 e. The maximum absolute atomic E-state index is 4.80. The van der Waals surface area contributed by atoms with Crippen molar-refractivity contribution < 1.29 is 0 Å². The second-order valence-corrected chi connectivity index (χ2v) is 7.90. The number of rotatable bonds is 6. The molecular formula is C19H36Cl2N6. The van der Waals surface area contributed by atoms with E-state index in [4.69, 9.17) is 5.10 Å². The Labute approximate surface area is 176 Å². The monoisotopic (exact) mass is 418 g/mol. The molecule has 0 amide bonds. The Morgan fingerprint density at radius 1 is 0.815 bits per heavy atom. The van der Waals surface area contributed by atoms with Crippen LogP contribution in [0.3, 0.4) is 0 Å². The zero-order valence-corrected chi connectivity index (χ0v) is 18.1. The summed E-state index contributed by atoms with van der Waals surface area (Å²) in [5.41, 5.74) is 2.60. The molecule has 0 saturated carbocycles. The SMILES string of the molecule is Cl.Cl.c1c(CN2CCCN(CCCN3CCCC3)CC2)nn2c1CNCC2. The predicted molar refractivity (Wildman–Crippen MR) is 115 cm³/mol. The first kappa shape index (κ1) is 22.9. The van der Waals surface area contributed by atoms with E-state index in [1.54, 1.807) is 0 Å². The zero-order valence-electron chi connectivity index (χ0n) is 16.4. The Balaban J connectivity index is 0.00000131. The molecule has 8 heteroatoms. The zero-order chi connectivity index (χ0) is 16.9. The van der Waals surface area contributed by atoms with Gasteiger partial charge in [-0.1, -0.05) is 0 Å². The van der Waals surface area contributed by atoms with Gasteiger partial charge in [-0.05, 0) is 71.0 Å². The molecule has 0 atom stereocenters. The van der Waals surface area contributed by atoms with Gasteiger partial charge >= 0.3 is 0 Å². The Kier molecular flexibility index (Phi) is 9.83. The number of nitrogens with zero attached hydrogens (tertiary/aromatic N) is 5. The fraction of sp³-hybridized carbons (Fsp3) is 0.842. The average molecular weight is 419 g/mol. The smallest absolute Gasteiger partial charge is 0.0768 e. The molecule has 2 saturated heterocycles. The highest BCUT2D eigenvalue weighted by atomic mass is 35.5. The molecule has 156 valence electrons. The van der Waals surface area contributed by atoms with Gasteiger partial charge in [-0.25, -0.2) is 0 Å². The highest BCUT2D eigenvalue weighted by Crippen LogP contribution is 2.13. The van der Waals surface area contributed by atoms with Gasteiger partial charge < -0.3 is 15.1 Å². The molecule has 1 aromatic heterocycles. The third kappa shape index (κ3) is 6.58. The summed E-state index contributed by atoms with van der Waals surface area (Å²) in [7, 11) is 0. The molecule has 1 aromatic rings. The summed E-state index contributed by atoms with van der Waals surface area (Å²) >= 11 is 0. The second kappa shape index (κ2) is 11.6. The summed E-state index contributed by atoms with van der Waals surface area (Å²) in [6.45, 7) is 14.2. The Bertz CT molecular complexity index is 523. The van der Waals surface area contributed by atoms with Crippen LogP contribution in [0.2, 0.25) is 0 Å². The van der Waals surface area contributed by atoms with Gasteiger partial charge in [0.15, 0.2) is 0 Å². The van der Waals surface area contributed by atoms with Crippen molar-refractivity contribution in [1.29, 1.82) is 0 Å². The van der Waals surface area contributed by atoms with Gasteiger partial charge in [-0.2, -0.15) is 5.10 Å². The van der Waals surface area contributed by atoms with Crippen molar-refractivity contribution in [2.45, 2.75) is 45.3 Å². The van der Waals surface area contributed by atoms with Crippen LogP contribution < -0.4 is 5.32 Å². The molecule has 1 N–H and O–H groups in total. The van der Waals surface area contributed by atoms with Crippen LogP contribution in [0.25, 0.3) is 0 Å². The maximum atomic E-state index is 4.80. The van der Waals surface area contributed by atoms with Crippen molar-refractivity contribution in [3.05, 3.63) is 17.5 Å². The molecule has 4 heterocycles. The van der Waals surface area contributed by atoms with Gasteiger partial charge in [0.25, 0.3) is 0 Å². The fourth-order valence-corrected chi connectivity index (χ4v) is 4.49. The first-order valence-electron chi connectivity index (χ1n) is 10.3. The molecule has 27 heavy (non-hydrogen) atoms. The second-order valence-electron chi connectivity index (χ2n) is 7.90. The van der Waals surface area contributed by atoms with Crippen molar-refractivity contribution in [3.63, 3.8) is 0 Å². The topological polar surface area (TPSA) is 39.6 Å². The first-order chi connectivity index (χ1) is 12.4. The van der Waals surface area contributed by atoms with Crippen molar-refractivity contribution in [2.24, 2.45) is 0 Å². The lowest BCUT2D eigenvalue weighted by molar-refractivity contribution is 0.235. The van der Waals surface area contributed by atoms with E-state index < -0.39 is 0 Å². The van der Waals surface area contributed by atoms with Gasteiger partial charge in [0.05, 0.1) is 17.9 Å². The summed E-state index contributed by atoms with van der Waals surface area (Å²) in [5.74, 6) is 0. The van der Waals surface area contributed by atoms with E-state index in [0.717, 1.165) is 26.2 Å². The number of halogens is 2. The highest BCUT2D eigenvalue weighted by Gasteiger charge is 2.18. The van der Waals surface area contributed by atoms with Crippen LogP contribution in [-0.2, 0) is 19.6 Å². The van der Waals surface area contributed by atoms with E-state index in [2.05, 4.69) is 30.8 Å². The minimum atomic E-state index is 0. The van der Waals surface area contributed by atoms with Crippen LogP contribution in [-0.4, -0.2) is 83.4 Å². The summed E-state index contributed by atoms with van der Waals surface area (Å²) in [6.07, 6.45) is 5.44. The fourth-order valence-electron chi connectivity index (χ4n) is 4.49. The lowest BCUT2D eigenvalue weighted by Crippen LogP contribution is -2.33. The van der Waals surface area contributed by atoms with Crippen LogP contribution in [0.4, 0.5) is 0 Å². The molecular weight excluding hydrogens is 383 g/mol. The van der Waals surface area contributed by atoms with Crippen molar-refractivity contribution in [3.8, 4) is 0 Å². The standard InChI is InChI=1S/C19H34N6.2ClH/c1-2-7-22(6-1)8-3-9-23-10-4-11-24(14-13-23)17-18-15-19-16-20-5-12-25(19)21-18;;/h15,20H,1-14,16-17H2;2*1H. The third-order valence-corrected chi connectivity index (χ3v) is 5.93. The Morgan fingerprint density at radius 3 is 2.26 bits per heavy atom. The molecule has 2 fully saturated rings.